The molecule has 1 aromatic rings. The van der Waals surface area contributed by atoms with Gasteiger partial charge in [0.25, 0.3) is 0 Å². The predicted molar refractivity (Wildman–Crippen MR) is 84.2 cm³/mol. The minimum atomic E-state index is -0.295. The van der Waals surface area contributed by atoms with Crippen LogP contribution in [-0.4, -0.2) is 53.8 Å². The van der Waals surface area contributed by atoms with Gasteiger partial charge in [0.15, 0.2) is 0 Å². The number of carbonyl (C=O) groups excluding carboxylic acids is 2. The maximum Gasteiger partial charge on any atom is 0.245 e. The SMILES string of the molecule is Cc1ccc(CN2CCN(C(=O)C3CCC(=O)N3)CC2)cc1. The highest BCUT2D eigenvalue weighted by Gasteiger charge is 2.32. The number of carbonyl (C=O) groups is 2. The Morgan fingerprint density at radius 3 is 2.45 bits per heavy atom. The van der Waals surface area contributed by atoms with Gasteiger partial charge in [0, 0.05) is 39.1 Å². The van der Waals surface area contributed by atoms with Crippen molar-refractivity contribution in [1.82, 2.24) is 15.1 Å². The molecule has 118 valence electrons. The largest absolute Gasteiger partial charge is 0.344 e. The first-order chi connectivity index (χ1) is 10.6. The second-order valence-corrected chi connectivity index (χ2v) is 6.25. The molecule has 2 aliphatic heterocycles. The molecule has 0 aliphatic carbocycles. The molecule has 5 heteroatoms. The monoisotopic (exact) mass is 301 g/mol. The number of rotatable bonds is 3. The predicted octanol–water partition coefficient (Wildman–Crippen LogP) is 0.918. The minimum absolute atomic E-state index is 0.00337. The first kappa shape index (κ1) is 15.0. The van der Waals surface area contributed by atoms with E-state index < -0.39 is 0 Å². The Bertz CT molecular complexity index is 548. The fourth-order valence-electron chi connectivity index (χ4n) is 3.10. The lowest BCUT2D eigenvalue weighted by Gasteiger charge is -2.35. The molecular weight excluding hydrogens is 278 g/mol. The zero-order valence-electron chi connectivity index (χ0n) is 13.0. The van der Waals surface area contributed by atoms with Crippen LogP contribution in [0.4, 0.5) is 0 Å². The van der Waals surface area contributed by atoms with Crippen LogP contribution in [0, 0.1) is 6.92 Å². The van der Waals surface area contributed by atoms with E-state index in [9.17, 15) is 9.59 Å². The summed E-state index contributed by atoms with van der Waals surface area (Å²) < 4.78 is 0. The van der Waals surface area contributed by atoms with Crippen LogP contribution < -0.4 is 5.32 Å². The number of benzene rings is 1. The summed E-state index contributed by atoms with van der Waals surface area (Å²) in [5.41, 5.74) is 2.59. The highest BCUT2D eigenvalue weighted by atomic mass is 16.2. The molecule has 1 atom stereocenters. The zero-order chi connectivity index (χ0) is 15.5. The Morgan fingerprint density at radius 2 is 1.86 bits per heavy atom. The van der Waals surface area contributed by atoms with E-state index in [0.29, 0.717) is 12.8 Å². The minimum Gasteiger partial charge on any atom is -0.344 e. The van der Waals surface area contributed by atoms with E-state index in [1.165, 1.54) is 11.1 Å². The van der Waals surface area contributed by atoms with Crippen molar-refractivity contribution in [2.24, 2.45) is 0 Å². The molecule has 3 rings (SSSR count). The number of aryl methyl sites for hydroxylation is 1. The summed E-state index contributed by atoms with van der Waals surface area (Å²) in [6.45, 7) is 6.30. The molecule has 2 fully saturated rings. The Labute approximate surface area is 131 Å². The van der Waals surface area contributed by atoms with Crippen molar-refractivity contribution in [1.29, 1.82) is 0 Å². The van der Waals surface area contributed by atoms with Gasteiger partial charge in [0.05, 0.1) is 0 Å². The molecule has 2 heterocycles. The average molecular weight is 301 g/mol. The number of hydrogen-bond donors (Lipinski definition) is 1. The third-order valence-corrected chi connectivity index (χ3v) is 4.50. The van der Waals surface area contributed by atoms with E-state index in [4.69, 9.17) is 0 Å². The third-order valence-electron chi connectivity index (χ3n) is 4.50. The van der Waals surface area contributed by atoms with Crippen molar-refractivity contribution in [2.45, 2.75) is 32.4 Å². The molecule has 22 heavy (non-hydrogen) atoms. The van der Waals surface area contributed by atoms with Crippen LogP contribution in [0.25, 0.3) is 0 Å². The topological polar surface area (TPSA) is 52.7 Å². The quantitative estimate of drug-likeness (QED) is 0.903. The van der Waals surface area contributed by atoms with E-state index in [-0.39, 0.29) is 17.9 Å². The van der Waals surface area contributed by atoms with Gasteiger partial charge in [0.1, 0.15) is 6.04 Å². The van der Waals surface area contributed by atoms with Crippen molar-refractivity contribution in [3.05, 3.63) is 35.4 Å². The van der Waals surface area contributed by atoms with E-state index in [1.807, 2.05) is 4.90 Å². The summed E-state index contributed by atoms with van der Waals surface area (Å²) in [7, 11) is 0. The summed E-state index contributed by atoms with van der Waals surface area (Å²) in [6, 6.07) is 8.31. The zero-order valence-corrected chi connectivity index (χ0v) is 13.0. The van der Waals surface area contributed by atoms with Gasteiger partial charge in [-0.25, -0.2) is 0 Å². The highest BCUT2D eigenvalue weighted by Crippen LogP contribution is 2.14. The lowest BCUT2D eigenvalue weighted by molar-refractivity contribution is -0.136. The maximum absolute atomic E-state index is 12.3. The molecule has 1 unspecified atom stereocenters. The summed E-state index contributed by atoms with van der Waals surface area (Å²) in [5.74, 6) is 0.0807. The molecule has 0 saturated carbocycles. The molecule has 0 aromatic heterocycles. The lowest BCUT2D eigenvalue weighted by atomic mass is 10.1. The van der Waals surface area contributed by atoms with Gasteiger partial charge in [-0.3, -0.25) is 14.5 Å². The van der Waals surface area contributed by atoms with Crippen LogP contribution in [0.3, 0.4) is 0 Å². The van der Waals surface area contributed by atoms with E-state index in [0.717, 1.165) is 32.7 Å². The van der Waals surface area contributed by atoms with Crippen molar-refractivity contribution in [3.63, 3.8) is 0 Å². The number of piperazine rings is 1. The number of nitrogens with one attached hydrogen (secondary N) is 1. The molecule has 1 aromatic carbocycles. The molecule has 2 saturated heterocycles. The fraction of sp³-hybridized carbons (Fsp3) is 0.529. The maximum atomic E-state index is 12.3. The van der Waals surface area contributed by atoms with Crippen LogP contribution in [0.15, 0.2) is 24.3 Å². The van der Waals surface area contributed by atoms with E-state index in [1.54, 1.807) is 0 Å². The Balaban J connectivity index is 1.48. The Kier molecular flexibility index (Phi) is 4.43. The molecule has 0 bridgehead atoms. The fourth-order valence-corrected chi connectivity index (χ4v) is 3.10. The first-order valence-corrected chi connectivity index (χ1v) is 7.98. The van der Waals surface area contributed by atoms with Crippen LogP contribution in [0.5, 0.6) is 0 Å². The van der Waals surface area contributed by atoms with Gasteiger partial charge >= 0.3 is 0 Å². The summed E-state index contributed by atoms with van der Waals surface area (Å²) in [5, 5.41) is 2.76. The average Bonchev–Trinajstić information content (AvgIpc) is 2.96. The van der Waals surface area contributed by atoms with Crippen LogP contribution in [0.1, 0.15) is 24.0 Å². The van der Waals surface area contributed by atoms with Gasteiger partial charge in [0.2, 0.25) is 11.8 Å². The lowest BCUT2D eigenvalue weighted by Crippen LogP contribution is -2.53. The van der Waals surface area contributed by atoms with Crippen molar-refractivity contribution in [3.8, 4) is 0 Å². The summed E-state index contributed by atoms with van der Waals surface area (Å²) in [6.07, 6.45) is 1.12. The molecule has 0 radical (unpaired) electrons. The molecule has 2 amide bonds. The third kappa shape index (κ3) is 3.47. The standard InChI is InChI=1S/C17H23N3O2/c1-13-2-4-14(5-3-13)12-19-8-10-20(11-9-19)17(22)15-6-7-16(21)18-15/h2-5,15H,6-12H2,1H3,(H,18,21). The van der Waals surface area contributed by atoms with Crippen molar-refractivity contribution >= 4 is 11.8 Å². The number of amides is 2. The second-order valence-electron chi connectivity index (χ2n) is 6.25. The van der Waals surface area contributed by atoms with E-state index >= 15 is 0 Å². The van der Waals surface area contributed by atoms with Gasteiger partial charge in [-0.05, 0) is 18.9 Å². The molecule has 1 N–H and O–H groups in total. The first-order valence-electron chi connectivity index (χ1n) is 7.98. The van der Waals surface area contributed by atoms with Crippen LogP contribution in [0.2, 0.25) is 0 Å². The van der Waals surface area contributed by atoms with Gasteiger partial charge in [-0.2, -0.15) is 0 Å². The Morgan fingerprint density at radius 1 is 1.18 bits per heavy atom. The van der Waals surface area contributed by atoms with Gasteiger partial charge < -0.3 is 10.2 Å². The van der Waals surface area contributed by atoms with Gasteiger partial charge in [-0.15, -0.1) is 0 Å². The summed E-state index contributed by atoms with van der Waals surface area (Å²) >= 11 is 0. The van der Waals surface area contributed by atoms with Crippen molar-refractivity contribution in [2.75, 3.05) is 26.2 Å². The highest BCUT2D eigenvalue weighted by molar-refractivity contribution is 5.90. The van der Waals surface area contributed by atoms with Crippen molar-refractivity contribution < 1.29 is 9.59 Å². The molecular formula is C17H23N3O2. The second kappa shape index (κ2) is 6.48. The molecule has 2 aliphatic rings. The normalized spacial score (nSPS) is 22.7. The number of hydrogen-bond acceptors (Lipinski definition) is 3. The van der Waals surface area contributed by atoms with Crippen LogP contribution in [-0.2, 0) is 16.1 Å². The van der Waals surface area contributed by atoms with Crippen LogP contribution >= 0.6 is 0 Å². The molecule has 5 nitrogen and oxygen atoms in total. The number of nitrogens with zero attached hydrogens (tertiary/aromatic N) is 2. The smallest absolute Gasteiger partial charge is 0.245 e. The van der Waals surface area contributed by atoms with E-state index in [2.05, 4.69) is 41.4 Å². The molecule has 0 spiro atoms. The Hall–Kier alpha value is -1.88. The van der Waals surface area contributed by atoms with Gasteiger partial charge in [-0.1, -0.05) is 29.8 Å². The summed E-state index contributed by atoms with van der Waals surface area (Å²) in [4.78, 5) is 27.8.